The Morgan fingerprint density at radius 2 is 2.07 bits per heavy atom. The smallest absolute Gasteiger partial charge is 0.274 e. The molecule has 4 heterocycles. The molecule has 1 aliphatic rings. The number of piperidine rings is 1. The van der Waals surface area contributed by atoms with Crippen LogP contribution in [0.15, 0.2) is 43.1 Å². The second-order valence-corrected chi connectivity index (χ2v) is 7.01. The fourth-order valence-corrected chi connectivity index (χ4v) is 3.61. The Morgan fingerprint density at radius 1 is 1.19 bits per heavy atom. The van der Waals surface area contributed by atoms with Gasteiger partial charge in [0.15, 0.2) is 0 Å². The molecule has 0 N–H and O–H groups in total. The first-order valence-electron chi connectivity index (χ1n) is 9.13. The third-order valence-corrected chi connectivity index (χ3v) is 4.92. The highest BCUT2D eigenvalue weighted by Crippen LogP contribution is 2.30. The average Bonchev–Trinajstić information content (AvgIpc) is 3.14. The van der Waals surface area contributed by atoms with Crippen LogP contribution in [0.4, 0.5) is 0 Å². The molecule has 1 atom stereocenters. The van der Waals surface area contributed by atoms with Gasteiger partial charge in [0.05, 0.1) is 12.4 Å². The van der Waals surface area contributed by atoms with Gasteiger partial charge in [-0.05, 0) is 37.5 Å². The summed E-state index contributed by atoms with van der Waals surface area (Å²) in [4.78, 5) is 27.5. The molecule has 0 bridgehead atoms. The summed E-state index contributed by atoms with van der Waals surface area (Å²) < 4.78 is 1.80. The van der Waals surface area contributed by atoms with Crippen molar-refractivity contribution in [3.63, 3.8) is 0 Å². The maximum Gasteiger partial charge on any atom is 0.274 e. The molecule has 7 nitrogen and oxygen atoms in total. The molecule has 0 unspecified atom stereocenters. The van der Waals surface area contributed by atoms with E-state index in [0.717, 1.165) is 41.9 Å². The Balaban J connectivity index is 1.58. The summed E-state index contributed by atoms with van der Waals surface area (Å²) >= 11 is 0. The number of carbonyl (C=O) groups excluding carboxylic acids is 1. The Kier molecular flexibility index (Phi) is 4.66. The van der Waals surface area contributed by atoms with Crippen molar-refractivity contribution in [1.29, 1.82) is 0 Å². The standard InChI is InChI=1S/C20H22N6O/c1-14-8-16(17-10-23-25(2)12-17)9-18(24-14)15-4-3-7-26(13-15)20(27)19-11-21-5-6-22-19/h5-6,8-12,15H,3-4,7,13H2,1-2H3/t15-/m1/s1. The van der Waals surface area contributed by atoms with Crippen LogP contribution >= 0.6 is 0 Å². The molecule has 0 aliphatic carbocycles. The van der Waals surface area contributed by atoms with Gasteiger partial charge in [0.25, 0.3) is 5.91 Å². The lowest BCUT2D eigenvalue weighted by Crippen LogP contribution is -2.39. The van der Waals surface area contributed by atoms with Crippen molar-refractivity contribution in [1.82, 2.24) is 29.6 Å². The third-order valence-electron chi connectivity index (χ3n) is 4.92. The molecular formula is C20H22N6O. The van der Waals surface area contributed by atoms with Crippen LogP contribution in [0.3, 0.4) is 0 Å². The van der Waals surface area contributed by atoms with E-state index in [1.54, 1.807) is 17.1 Å². The monoisotopic (exact) mass is 362 g/mol. The van der Waals surface area contributed by atoms with Crippen molar-refractivity contribution >= 4 is 5.91 Å². The lowest BCUT2D eigenvalue weighted by molar-refractivity contribution is 0.0699. The Hall–Kier alpha value is -3.09. The topological polar surface area (TPSA) is 76.8 Å². The van der Waals surface area contributed by atoms with Crippen molar-refractivity contribution in [2.75, 3.05) is 13.1 Å². The molecule has 1 saturated heterocycles. The number of carbonyl (C=O) groups is 1. The van der Waals surface area contributed by atoms with Crippen molar-refractivity contribution < 1.29 is 4.79 Å². The maximum atomic E-state index is 12.7. The highest BCUT2D eigenvalue weighted by molar-refractivity contribution is 5.92. The molecule has 4 rings (SSSR count). The quantitative estimate of drug-likeness (QED) is 0.716. The van der Waals surface area contributed by atoms with Crippen molar-refractivity contribution in [2.45, 2.75) is 25.7 Å². The molecule has 138 valence electrons. The van der Waals surface area contributed by atoms with Crippen molar-refractivity contribution in [3.05, 3.63) is 60.2 Å². The van der Waals surface area contributed by atoms with Gasteiger partial charge in [-0.1, -0.05) is 0 Å². The van der Waals surface area contributed by atoms with Gasteiger partial charge in [0, 0.05) is 61.6 Å². The first-order chi connectivity index (χ1) is 13.1. The van der Waals surface area contributed by atoms with Crippen molar-refractivity contribution in [3.8, 4) is 11.1 Å². The molecule has 3 aromatic rings. The number of amides is 1. The molecule has 1 aliphatic heterocycles. The zero-order chi connectivity index (χ0) is 18.8. The molecule has 0 spiro atoms. The van der Waals surface area contributed by atoms with E-state index < -0.39 is 0 Å². The summed E-state index contributed by atoms with van der Waals surface area (Å²) in [5.74, 6) is 0.155. The number of aromatic nitrogens is 5. The first kappa shape index (κ1) is 17.3. The van der Waals surface area contributed by atoms with Crippen LogP contribution in [0.25, 0.3) is 11.1 Å². The number of aryl methyl sites for hydroxylation is 2. The van der Waals surface area contributed by atoms with E-state index in [2.05, 4.69) is 27.2 Å². The van der Waals surface area contributed by atoms with E-state index in [9.17, 15) is 4.79 Å². The van der Waals surface area contributed by atoms with Crippen LogP contribution in [0.2, 0.25) is 0 Å². The van der Waals surface area contributed by atoms with E-state index in [4.69, 9.17) is 4.98 Å². The molecule has 0 aromatic carbocycles. The average molecular weight is 362 g/mol. The molecule has 7 heteroatoms. The van der Waals surface area contributed by atoms with Gasteiger partial charge in [0.1, 0.15) is 5.69 Å². The van der Waals surface area contributed by atoms with Crippen LogP contribution < -0.4 is 0 Å². The van der Waals surface area contributed by atoms with E-state index in [-0.39, 0.29) is 11.8 Å². The predicted molar refractivity (Wildman–Crippen MR) is 101 cm³/mol. The third kappa shape index (κ3) is 3.72. The zero-order valence-electron chi connectivity index (χ0n) is 15.5. The lowest BCUT2D eigenvalue weighted by atomic mass is 9.92. The fraction of sp³-hybridized carbons (Fsp3) is 0.350. The summed E-state index contributed by atoms with van der Waals surface area (Å²) in [5.41, 5.74) is 4.59. The molecule has 1 amide bonds. The predicted octanol–water partition coefficient (Wildman–Crippen LogP) is 2.60. The van der Waals surface area contributed by atoms with Crippen LogP contribution in [0, 0.1) is 6.92 Å². The Labute approximate surface area is 158 Å². The van der Waals surface area contributed by atoms with E-state index in [1.807, 2.05) is 31.3 Å². The summed E-state index contributed by atoms with van der Waals surface area (Å²) in [6.45, 7) is 3.40. The number of hydrogen-bond acceptors (Lipinski definition) is 5. The normalized spacial score (nSPS) is 17.1. The summed E-state index contributed by atoms with van der Waals surface area (Å²) in [5, 5.41) is 4.26. The van der Waals surface area contributed by atoms with Crippen LogP contribution in [-0.2, 0) is 7.05 Å². The van der Waals surface area contributed by atoms with Gasteiger partial charge >= 0.3 is 0 Å². The fourth-order valence-electron chi connectivity index (χ4n) is 3.61. The van der Waals surface area contributed by atoms with E-state index in [0.29, 0.717) is 12.2 Å². The summed E-state index contributed by atoms with van der Waals surface area (Å²) in [6.07, 6.45) is 10.5. The highest BCUT2D eigenvalue weighted by Gasteiger charge is 2.27. The van der Waals surface area contributed by atoms with Crippen LogP contribution in [-0.4, -0.2) is 48.6 Å². The summed E-state index contributed by atoms with van der Waals surface area (Å²) in [6, 6.07) is 4.21. The SMILES string of the molecule is Cc1cc(-c2cnn(C)c2)cc([C@@H]2CCCN(C(=O)c3cnccn3)C2)n1. The molecule has 0 radical (unpaired) electrons. The molecule has 27 heavy (non-hydrogen) atoms. The number of likely N-dealkylation sites (tertiary alicyclic amines) is 1. The minimum Gasteiger partial charge on any atom is -0.337 e. The summed E-state index contributed by atoms with van der Waals surface area (Å²) in [7, 11) is 1.91. The van der Waals surface area contributed by atoms with E-state index >= 15 is 0 Å². The molecule has 3 aromatic heterocycles. The number of nitrogens with zero attached hydrogens (tertiary/aromatic N) is 6. The second kappa shape index (κ2) is 7.26. The number of pyridine rings is 1. The zero-order valence-corrected chi connectivity index (χ0v) is 15.5. The number of hydrogen-bond donors (Lipinski definition) is 0. The minimum absolute atomic E-state index is 0.0621. The second-order valence-electron chi connectivity index (χ2n) is 7.01. The largest absolute Gasteiger partial charge is 0.337 e. The molecular weight excluding hydrogens is 340 g/mol. The Morgan fingerprint density at radius 3 is 2.81 bits per heavy atom. The van der Waals surface area contributed by atoms with Crippen LogP contribution in [0.5, 0.6) is 0 Å². The maximum absolute atomic E-state index is 12.7. The Bertz CT molecular complexity index is 952. The lowest BCUT2D eigenvalue weighted by Gasteiger charge is -2.32. The van der Waals surface area contributed by atoms with Crippen molar-refractivity contribution in [2.24, 2.45) is 7.05 Å². The van der Waals surface area contributed by atoms with Crippen LogP contribution in [0.1, 0.15) is 40.6 Å². The molecule has 1 fully saturated rings. The van der Waals surface area contributed by atoms with Gasteiger partial charge in [0.2, 0.25) is 0 Å². The highest BCUT2D eigenvalue weighted by atomic mass is 16.2. The minimum atomic E-state index is -0.0621. The van der Waals surface area contributed by atoms with Gasteiger partial charge in [-0.15, -0.1) is 0 Å². The first-order valence-corrected chi connectivity index (χ1v) is 9.13. The van der Waals surface area contributed by atoms with Gasteiger partial charge in [-0.25, -0.2) is 4.98 Å². The van der Waals surface area contributed by atoms with E-state index in [1.165, 1.54) is 6.20 Å². The van der Waals surface area contributed by atoms with Gasteiger partial charge in [-0.3, -0.25) is 19.4 Å². The number of rotatable bonds is 3. The van der Waals surface area contributed by atoms with Gasteiger partial charge < -0.3 is 4.90 Å². The van der Waals surface area contributed by atoms with Gasteiger partial charge in [-0.2, -0.15) is 5.10 Å². The molecule has 0 saturated carbocycles.